The van der Waals surface area contributed by atoms with Crippen LogP contribution in [0, 0.1) is 0 Å². The van der Waals surface area contributed by atoms with Crippen LogP contribution < -0.4 is 10.2 Å². The second-order valence-corrected chi connectivity index (χ2v) is 8.44. The van der Waals surface area contributed by atoms with Crippen molar-refractivity contribution in [2.45, 2.75) is 6.42 Å². The Morgan fingerprint density at radius 1 is 1.00 bits per heavy atom. The van der Waals surface area contributed by atoms with E-state index in [1.807, 2.05) is 18.2 Å². The number of halogens is 1. The molecule has 29 heavy (non-hydrogen) atoms. The van der Waals surface area contributed by atoms with Crippen LogP contribution in [0.3, 0.4) is 0 Å². The Balaban J connectivity index is 1.25. The average Bonchev–Trinajstić information content (AvgIpc) is 3.19. The van der Waals surface area contributed by atoms with E-state index in [4.69, 9.17) is 11.6 Å². The largest absolute Gasteiger partial charge is 0.344 e. The fourth-order valence-electron chi connectivity index (χ4n) is 3.25. The lowest BCUT2D eigenvalue weighted by molar-refractivity contribution is -0.117. The molecule has 2 heterocycles. The van der Waals surface area contributed by atoms with Gasteiger partial charge < -0.3 is 10.2 Å². The van der Waals surface area contributed by atoms with Crippen molar-refractivity contribution in [2.75, 3.05) is 42.9 Å². The predicted molar refractivity (Wildman–Crippen MR) is 118 cm³/mol. The van der Waals surface area contributed by atoms with E-state index in [2.05, 4.69) is 37.4 Å². The Morgan fingerprint density at radius 3 is 2.45 bits per heavy atom. The molecule has 150 valence electrons. The van der Waals surface area contributed by atoms with Crippen molar-refractivity contribution in [3.05, 3.63) is 70.2 Å². The lowest BCUT2D eigenvalue weighted by atomic mass is 10.2. The zero-order valence-corrected chi connectivity index (χ0v) is 17.5. The first-order valence-corrected chi connectivity index (χ1v) is 10.7. The summed E-state index contributed by atoms with van der Waals surface area (Å²) in [6.07, 6.45) is 0.809. The molecule has 0 atom stereocenters. The quantitative estimate of drug-likeness (QED) is 0.652. The van der Waals surface area contributed by atoms with Crippen LogP contribution in [0.25, 0.3) is 0 Å². The Hall–Kier alpha value is -2.48. The van der Waals surface area contributed by atoms with Crippen molar-refractivity contribution in [1.82, 2.24) is 15.1 Å². The summed E-state index contributed by atoms with van der Waals surface area (Å²) in [5, 5.41) is 14.3. The monoisotopic (exact) mass is 427 g/mol. The molecule has 1 aliphatic rings. The van der Waals surface area contributed by atoms with Crippen molar-refractivity contribution in [3.8, 4) is 0 Å². The predicted octanol–water partition coefficient (Wildman–Crippen LogP) is 3.54. The maximum absolute atomic E-state index is 12.3. The van der Waals surface area contributed by atoms with E-state index in [0.29, 0.717) is 11.6 Å². The Kier molecular flexibility index (Phi) is 6.39. The number of piperazine rings is 1. The zero-order chi connectivity index (χ0) is 20.1. The van der Waals surface area contributed by atoms with Crippen LogP contribution >= 0.6 is 22.9 Å². The minimum absolute atomic E-state index is 0.0122. The molecule has 3 aromatic rings. The van der Waals surface area contributed by atoms with Gasteiger partial charge in [0.15, 0.2) is 0 Å². The maximum Gasteiger partial charge on any atom is 0.238 e. The van der Waals surface area contributed by atoms with Gasteiger partial charge in [0.1, 0.15) is 5.01 Å². The summed E-state index contributed by atoms with van der Waals surface area (Å²) in [6, 6.07) is 17.5. The van der Waals surface area contributed by atoms with Gasteiger partial charge in [-0.3, -0.25) is 9.69 Å². The van der Waals surface area contributed by atoms with Gasteiger partial charge in [0, 0.05) is 43.3 Å². The molecule has 4 rings (SSSR count). The van der Waals surface area contributed by atoms with Gasteiger partial charge in [-0.05, 0) is 29.8 Å². The van der Waals surface area contributed by atoms with Crippen molar-refractivity contribution >= 4 is 39.7 Å². The number of hydrogen-bond acceptors (Lipinski definition) is 6. The van der Waals surface area contributed by atoms with E-state index in [1.54, 1.807) is 35.6 Å². The van der Waals surface area contributed by atoms with E-state index < -0.39 is 0 Å². The highest BCUT2D eigenvalue weighted by Gasteiger charge is 2.21. The summed E-state index contributed by atoms with van der Waals surface area (Å²) in [5.41, 5.74) is 2.00. The zero-order valence-electron chi connectivity index (χ0n) is 15.9. The van der Waals surface area contributed by atoms with Gasteiger partial charge in [-0.1, -0.05) is 53.3 Å². The molecule has 1 fully saturated rings. The lowest BCUT2D eigenvalue weighted by Gasteiger charge is -2.33. The lowest BCUT2D eigenvalue weighted by Crippen LogP contribution is -2.48. The number of carbonyl (C=O) groups is 1. The highest BCUT2D eigenvalue weighted by molar-refractivity contribution is 7.15. The molecular weight excluding hydrogens is 406 g/mol. The maximum atomic E-state index is 12.3. The smallest absolute Gasteiger partial charge is 0.238 e. The van der Waals surface area contributed by atoms with E-state index in [1.165, 1.54) is 5.56 Å². The number of nitrogens with zero attached hydrogens (tertiary/aromatic N) is 4. The van der Waals surface area contributed by atoms with Crippen molar-refractivity contribution < 1.29 is 4.79 Å². The first-order chi connectivity index (χ1) is 14.2. The van der Waals surface area contributed by atoms with Crippen molar-refractivity contribution in [2.24, 2.45) is 0 Å². The van der Waals surface area contributed by atoms with Gasteiger partial charge in [0.25, 0.3) is 0 Å². The molecular formula is C21H22ClN5OS. The molecule has 0 saturated carbocycles. The minimum Gasteiger partial charge on any atom is -0.344 e. The normalized spacial score (nSPS) is 14.7. The van der Waals surface area contributed by atoms with Crippen LogP contribution in [0.4, 0.5) is 10.8 Å². The molecule has 1 saturated heterocycles. The second kappa shape index (κ2) is 9.35. The minimum atomic E-state index is -0.0122. The Morgan fingerprint density at radius 2 is 1.72 bits per heavy atom. The number of anilines is 2. The van der Waals surface area contributed by atoms with Gasteiger partial charge in [-0.25, -0.2) is 0 Å². The standard InChI is InChI=1S/C21H22ClN5OS/c22-17-6-8-18(9-7-17)23-19(28)15-26-10-12-27(13-11-26)21-25-24-20(29-21)14-16-4-2-1-3-5-16/h1-9H,10-15H2,(H,23,28). The fraction of sp³-hybridized carbons (Fsp3) is 0.286. The van der Waals surface area contributed by atoms with Gasteiger partial charge in [0.05, 0.1) is 6.54 Å². The number of rotatable bonds is 6. The summed E-state index contributed by atoms with van der Waals surface area (Å²) >= 11 is 7.52. The topological polar surface area (TPSA) is 61.4 Å². The Bertz CT molecular complexity index is 939. The summed E-state index contributed by atoms with van der Waals surface area (Å²) in [7, 11) is 0. The van der Waals surface area contributed by atoms with Gasteiger partial charge >= 0.3 is 0 Å². The number of hydrogen-bond donors (Lipinski definition) is 1. The number of aromatic nitrogens is 2. The number of carbonyl (C=O) groups excluding carboxylic acids is 1. The third kappa shape index (κ3) is 5.53. The van der Waals surface area contributed by atoms with Crippen molar-refractivity contribution in [1.29, 1.82) is 0 Å². The second-order valence-electron chi connectivity index (χ2n) is 6.96. The SMILES string of the molecule is O=C(CN1CCN(c2nnc(Cc3ccccc3)s2)CC1)Nc1ccc(Cl)cc1. The molecule has 1 N–H and O–H groups in total. The van der Waals surface area contributed by atoms with Crippen LogP contribution in [-0.2, 0) is 11.2 Å². The van der Waals surface area contributed by atoms with Gasteiger partial charge in [0.2, 0.25) is 11.0 Å². The van der Waals surface area contributed by atoms with Crippen LogP contribution in [0.1, 0.15) is 10.6 Å². The molecule has 1 aliphatic heterocycles. The van der Waals surface area contributed by atoms with Crippen LogP contribution in [0.2, 0.25) is 5.02 Å². The van der Waals surface area contributed by atoms with Gasteiger partial charge in [-0.2, -0.15) is 0 Å². The summed E-state index contributed by atoms with van der Waals surface area (Å²) in [5.74, 6) is -0.0122. The molecule has 0 radical (unpaired) electrons. The van der Waals surface area contributed by atoms with Crippen molar-refractivity contribution in [3.63, 3.8) is 0 Å². The molecule has 6 nitrogen and oxygen atoms in total. The molecule has 0 bridgehead atoms. The molecule has 0 spiro atoms. The number of amides is 1. The molecule has 2 aromatic carbocycles. The summed E-state index contributed by atoms with van der Waals surface area (Å²) < 4.78 is 0. The van der Waals surface area contributed by atoms with E-state index in [9.17, 15) is 4.79 Å². The summed E-state index contributed by atoms with van der Waals surface area (Å²) in [4.78, 5) is 16.7. The molecule has 8 heteroatoms. The average molecular weight is 428 g/mol. The molecule has 0 unspecified atom stereocenters. The van der Waals surface area contributed by atoms with Crippen LogP contribution in [-0.4, -0.2) is 53.7 Å². The van der Waals surface area contributed by atoms with E-state index in [-0.39, 0.29) is 5.91 Å². The van der Waals surface area contributed by atoms with Gasteiger partial charge in [-0.15, -0.1) is 10.2 Å². The third-order valence-corrected chi connectivity index (χ3v) is 6.03. The van der Waals surface area contributed by atoms with Crippen LogP contribution in [0.15, 0.2) is 54.6 Å². The van der Waals surface area contributed by atoms with Crippen LogP contribution in [0.5, 0.6) is 0 Å². The molecule has 0 aliphatic carbocycles. The summed E-state index contributed by atoms with van der Waals surface area (Å²) in [6.45, 7) is 3.71. The van der Waals surface area contributed by atoms with E-state index in [0.717, 1.165) is 48.4 Å². The third-order valence-electron chi connectivity index (χ3n) is 4.79. The van der Waals surface area contributed by atoms with E-state index >= 15 is 0 Å². The molecule has 1 aromatic heterocycles. The first-order valence-electron chi connectivity index (χ1n) is 9.55. The highest BCUT2D eigenvalue weighted by atomic mass is 35.5. The fourth-order valence-corrected chi connectivity index (χ4v) is 4.30. The molecule has 1 amide bonds. The number of nitrogens with one attached hydrogen (secondary N) is 1. The highest BCUT2D eigenvalue weighted by Crippen LogP contribution is 2.23. The first kappa shape index (κ1) is 19.8. The number of benzene rings is 2. The Labute approximate surface area is 179 Å².